The van der Waals surface area contributed by atoms with Gasteiger partial charge in [0.1, 0.15) is 0 Å². The largest absolute Gasteiger partial charge is 0.294 e. The molecule has 0 radical (unpaired) electrons. The molecule has 0 amide bonds. The van der Waals surface area contributed by atoms with Gasteiger partial charge in [-0.25, -0.2) is 0 Å². The number of rotatable bonds is 3. The standard InChI is InChI=1S/C12H12ClN3O/c1-8-10(7-16(2)15-8)12(17)5-9-3-4-14-6-11(9)13/h3-4,6-7H,5H2,1-2H3. The molecule has 0 aliphatic heterocycles. The topological polar surface area (TPSA) is 47.8 Å². The van der Waals surface area contributed by atoms with Gasteiger partial charge in [-0.3, -0.25) is 14.5 Å². The number of hydrogen-bond donors (Lipinski definition) is 0. The molecule has 0 N–H and O–H groups in total. The van der Waals surface area contributed by atoms with Crippen molar-refractivity contribution in [1.29, 1.82) is 0 Å². The van der Waals surface area contributed by atoms with Crippen molar-refractivity contribution in [1.82, 2.24) is 14.8 Å². The van der Waals surface area contributed by atoms with Crippen molar-refractivity contribution >= 4 is 17.4 Å². The van der Waals surface area contributed by atoms with Crippen molar-refractivity contribution in [2.75, 3.05) is 0 Å². The van der Waals surface area contributed by atoms with Crippen molar-refractivity contribution in [3.8, 4) is 0 Å². The van der Waals surface area contributed by atoms with Gasteiger partial charge in [-0.2, -0.15) is 5.10 Å². The highest BCUT2D eigenvalue weighted by atomic mass is 35.5. The molecule has 2 rings (SSSR count). The summed E-state index contributed by atoms with van der Waals surface area (Å²) in [7, 11) is 1.79. The first-order valence-electron chi connectivity index (χ1n) is 5.19. The van der Waals surface area contributed by atoms with Crippen molar-refractivity contribution in [2.24, 2.45) is 7.05 Å². The second kappa shape index (κ2) is 4.67. The van der Waals surface area contributed by atoms with Crippen LogP contribution in [-0.4, -0.2) is 20.5 Å². The number of nitrogens with zero attached hydrogens (tertiary/aromatic N) is 3. The molecule has 2 aromatic heterocycles. The highest BCUT2D eigenvalue weighted by Gasteiger charge is 2.14. The maximum atomic E-state index is 12.1. The van der Waals surface area contributed by atoms with E-state index in [1.807, 2.05) is 6.92 Å². The van der Waals surface area contributed by atoms with E-state index in [0.29, 0.717) is 10.6 Å². The molecule has 5 heteroatoms. The Morgan fingerprint density at radius 2 is 2.29 bits per heavy atom. The summed E-state index contributed by atoms with van der Waals surface area (Å²) in [5, 5.41) is 4.66. The van der Waals surface area contributed by atoms with Crippen LogP contribution in [0.25, 0.3) is 0 Å². The van der Waals surface area contributed by atoms with Crippen LogP contribution in [0.1, 0.15) is 21.6 Å². The van der Waals surface area contributed by atoms with Gasteiger partial charge in [0.15, 0.2) is 5.78 Å². The van der Waals surface area contributed by atoms with Crippen LogP contribution >= 0.6 is 11.6 Å². The average Bonchev–Trinajstić information content (AvgIpc) is 2.61. The van der Waals surface area contributed by atoms with Gasteiger partial charge in [0.25, 0.3) is 0 Å². The fourth-order valence-corrected chi connectivity index (χ4v) is 1.88. The Kier molecular flexibility index (Phi) is 3.24. The first kappa shape index (κ1) is 11.8. The Morgan fingerprint density at radius 1 is 1.53 bits per heavy atom. The van der Waals surface area contributed by atoms with Crippen LogP contribution in [0.3, 0.4) is 0 Å². The van der Waals surface area contributed by atoms with Gasteiger partial charge in [-0.15, -0.1) is 0 Å². The van der Waals surface area contributed by atoms with Crippen molar-refractivity contribution < 1.29 is 4.79 Å². The van der Waals surface area contributed by atoms with E-state index in [1.54, 1.807) is 36.4 Å². The van der Waals surface area contributed by atoms with E-state index in [-0.39, 0.29) is 12.2 Å². The van der Waals surface area contributed by atoms with Gasteiger partial charge in [0, 0.05) is 32.1 Å². The predicted octanol–water partition coefficient (Wildman–Crippen LogP) is 2.20. The Balaban J connectivity index is 2.23. The van der Waals surface area contributed by atoms with E-state index in [4.69, 9.17) is 11.6 Å². The van der Waals surface area contributed by atoms with Crippen molar-refractivity contribution in [2.45, 2.75) is 13.3 Å². The zero-order valence-corrected chi connectivity index (χ0v) is 10.4. The summed E-state index contributed by atoms with van der Waals surface area (Å²) in [4.78, 5) is 16.0. The summed E-state index contributed by atoms with van der Waals surface area (Å²) in [5.41, 5.74) is 2.16. The maximum Gasteiger partial charge on any atom is 0.170 e. The summed E-state index contributed by atoms with van der Waals surface area (Å²) in [6, 6.07) is 1.76. The van der Waals surface area contributed by atoms with Gasteiger partial charge in [-0.1, -0.05) is 11.6 Å². The summed E-state index contributed by atoms with van der Waals surface area (Å²) in [6.07, 6.45) is 5.17. The van der Waals surface area contributed by atoms with Crippen LogP contribution in [-0.2, 0) is 13.5 Å². The number of carbonyl (C=O) groups excluding carboxylic acids is 1. The number of pyridine rings is 1. The number of halogens is 1. The Morgan fingerprint density at radius 3 is 2.88 bits per heavy atom. The maximum absolute atomic E-state index is 12.1. The van der Waals surface area contributed by atoms with E-state index < -0.39 is 0 Å². The number of aromatic nitrogens is 3. The second-order valence-electron chi connectivity index (χ2n) is 3.87. The molecule has 4 nitrogen and oxygen atoms in total. The number of Topliss-reactive ketones (excluding diaryl/α,β-unsaturated/α-hetero) is 1. The summed E-state index contributed by atoms with van der Waals surface area (Å²) < 4.78 is 1.64. The van der Waals surface area contributed by atoms with Gasteiger partial charge < -0.3 is 0 Å². The van der Waals surface area contributed by atoms with Crippen LogP contribution in [0.5, 0.6) is 0 Å². The third kappa shape index (κ3) is 2.53. The van der Waals surface area contributed by atoms with Crippen LogP contribution < -0.4 is 0 Å². The number of hydrogen-bond acceptors (Lipinski definition) is 3. The lowest BCUT2D eigenvalue weighted by Crippen LogP contribution is -2.04. The fraction of sp³-hybridized carbons (Fsp3) is 0.250. The third-order valence-corrected chi connectivity index (χ3v) is 2.86. The SMILES string of the molecule is Cc1nn(C)cc1C(=O)Cc1ccncc1Cl. The predicted molar refractivity (Wildman–Crippen MR) is 65.2 cm³/mol. The first-order chi connectivity index (χ1) is 8.08. The van der Waals surface area contributed by atoms with Crippen LogP contribution in [0.2, 0.25) is 5.02 Å². The lowest BCUT2D eigenvalue weighted by molar-refractivity contribution is 0.0992. The molecule has 0 aromatic carbocycles. The normalized spacial score (nSPS) is 10.5. The highest BCUT2D eigenvalue weighted by Crippen LogP contribution is 2.17. The quantitative estimate of drug-likeness (QED) is 0.784. The molecular weight excluding hydrogens is 238 g/mol. The van der Waals surface area contributed by atoms with E-state index in [0.717, 1.165) is 11.3 Å². The van der Waals surface area contributed by atoms with Gasteiger partial charge in [0.05, 0.1) is 16.3 Å². The third-order valence-electron chi connectivity index (χ3n) is 2.52. The summed E-state index contributed by atoms with van der Waals surface area (Å²) >= 11 is 5.97. The summed E-state index contributed by atoms with van der Waals surface area (Å²) in [5.74, 6) is 0.0173. The molecule has 0 bridgehead atoms. The molecule has 2 aromatic rings. The number of carbonyl (C=O) groups is 1. The molecule has 2 heterocycles. The number of aryl methyl sites for hydroxylation is 2. The molecule has 17 heavy (non-hydrogen) atoms. The molecule has 0 atom stereocenters. The Bertz CT molecular complexity index is 563. The lowest BCUT2D eigenvalue weighted by Gasteiger charge is -2.01. The molecule has 88 valence electrons. The van der Waals surface area contributed by atoms with Gasteiger partial charge >= 0.3 is 0 Å². The van der Waals surface area contributed by atoms with Gasteiger partial charge in [0.2, 0.25) is 0 Å². The molecule has 0 unspecified atom stereocenters. The minimum absolute atomic E-state index is 0.0173. The van der Waals surface area contributed by atoms with Crippen LogP contribution in [0.4, 0.5) is 0 Å². The first-order valence-corrected chi connectivity index (χ1v) is 5.57. The highest BCUT2D eigenvalue weighted by molar-refractivity contribution is 6.31. The zero-order chi connectivity index (χ0) is 12.4. The van der Waals surface area contributed by atoms with Crippen LogP contribution in [0, 0.1) is 6.92 Å². The monoisotopic (exact) mass is 249 g/mol. The van der Waals surface area contributed by atoms with E-state index in [2.05, 4.69) is 10.1 Å². The number of ketones is 1. The Labute approximate surface area is 104 Å². The smallest absolute Gasteiger partial charge is 0.170 e. The molecular formula is C12H12ClN3O. The summed E-state index contributed by atoms with van der Waals surface area (Å²) in [6.45, 7) is 1.82. The van der Waals surface area contributed by atoms with Gasteiger partial charge in [-0.05, 0) is 18.6 Å². The lowest BCUT2D eigenvalue weighted by atomic mass is 10.1. The molecule has 0 saturated carbocycles. The van der Waals surface area contributed by atoms with Crippen molar-refractivity contribution in [3.05, 3.63) is 46.5 Å². The van der Waals surface area contributed by atoms with E-state index >= 15 is 0 Å². The Hall–Kier alpha value is -1.68. The van der Waals surface area contributed by atoms with E-state index in [9.17, 15) is 4.79 Å². The average molecular weight is 250 g/mol. The molecule has 0 spiro atoms. The zero-order valence-electron chi connectivity index (χ0n) is 9.64. The second-order valence-corrected chi connectivity index (χ2v) is 4.28. The molecule has 0 saturated heterocycles. The molecule has 0 aliphatic rings. The minimum atomic E-state index is 0.0173. The van der Waals surface area contributed by atoms with Crippen molar-refractivity contribution in [3.63, 3.8) is 0 Å². The van der Waals surface area contributed by atoms with Crippen LogP contribution in [0.15, 0.2) is 24.7 Å². The fourth-order valence-electron chi connectivity index (χ4n) is 1.69. The molecule has 0 aliphatic carbocycles. The molecule has 0 fully saturated rings. The minimum Gasteiger partial charge on any atom is -0.294 e. The van der Waals surface area contributed by atoms with E-state index in [1.165, 1.54) is 0 Å².